The van der Waals surface area contributed by atoms with Crippen LogP contribution in [0.1, 0.15) is 419 Å². The fourth-order valence-corrected chi connectivity index (χ4v) is 15.1. The third-order valence-electron chi connectivity index (χ3n) is 23.1. The molecule has 5 aromatic carbocycles. The number of unbranched alkanes of at least 4 members (excludes halogenated alkanes) is 37. The quantitative estimate of drug-likeness (QED) is 0.0206. The second-order valence-electron chi connectivity index (χ2n) is 34.1. The van der Waals surface area contributed by atoms with Crippen molar-refractivity contribution < 1.29 is 38.0 Å². The number of esters is 1. The molecule has 1 aliphatic heterocycles. The number of rotatable bonds is 63. The summed E-state index contributed by atoms with van der Waals surface area (Å²) in [6, 6.07) is 52.7. The molecule has 0 amide bonds. The fourth-order valence-electron chi connectivity index (χ4n) is 15.1. The minimum absolute atomic E-state index is 0. The van der Waals surface area contributed by atoms with E-state index in [0.717, 1.165) is 140 Å². The molecule has 3 aromatic heterocycles. The first-order valence-corrected chi connectivity index (χ1v) is 49.5. The Morgan fingerprint density at radius 1 is 0.278 bits per heavy atom. The van der Waals surface area contributed by atoms with Crippen molar-refractivity contribution in [2.24, 2.45) is 5.92 Å². The van der Waals surface area contributed by atoms with E-state index in [1.165, 1.54) is 286 Å². The zero-order valence-electron chi connectivity index (χ0n) is 77.9. The van der Waals surface area contributed by atoms with Gasteiger partial charge < -0.3 is 33.2 Å². The summed E-state index contributed by atoms with van der Waals surface area (Å²) in [6.45, 7) is 22.6. The summed E-state index contributed by atoms with van der Waals surface area (Å²) in [5.41, 5.74) is 12.1. The molecule has 0 atom stereocenters. The van der Waals surface area contributed by atoms with Gasteiger partial charge in [0, 0.05) is 46.8 Å². The van der Waals surface area contributed by atoms with Crippen molar-refractivity contribution in [1.82, 2.24) is 15.0 Å². The first-order valence-electron chi connectivity index (χ1n) is 49.5. The van der Waals surface area contributed by atoms with Crippen molar-refractivity contribution in [3.63, 3.8) is 0 Å². The number of pyridine rings is 3. The summed E-state index contributed by atoms with van der Waals surface area (Å²) in [6.07, 6.45) is 69.0. The molecule has 704 valence electrons. The standard InChI is InChI=1S/C31H44O5.C28H43NO.C27H41NO.C25H37NO.4CH4/c1-3-5-7-9-10-11-13-25-23-34-31(35-24-25)27-16-20-29(21-17-27)36-30(32)26-14-18-28(19-15-26)33-22-12-8-6-4-2;1-3-5-7-9-11-13-15-23-30-27-20-18-26(19-21-27)28-22-17-25(24-29-28)16-14-12-10-8-6-4-2;1-3-5-7-9-11-13-15-24-16-21-27(28-23-24)25-17-19-26(20-18-25)29-22-14-12-10-8-6-4-2;1-3-5-7-9-10-11-13-22-14-19-25(26-21-22)23-15-17-24(18-16-23)27-20-12-8-6-4-2;;;;/h14-21,25,31H,3-13,22-24H2,1-2H3;17-22,24H,3-16,23H2,1-2H3;16-21,23H,3-15,22H2,1-2H3;14-19,21H,3-13,20H2,1-2H3;4*1H4. The molecule has 0 aliphatic carbocycles. The summed E-state index contributed by atoms with van der Waals surface area (Å²) >= 11 is 0. The molecule has 1 fully saturated rings. The summed E-state index contributed by atoms with van der Waals surface area (Å²) in [7, 11) is 0. The summed E-state index contributed by atoms with van der Waals surface area (Å²) in [5, 5.41) is 0. The Morgan fingerprint density at radius 2 is 0.524 bits per heavy atom. The molecule has 126 heavy (non-hydrogen) atoms. The van der Waals surface area contributed by atoms with Crippen molar-refractivity contribution >= 4 is 5.97 Å². The monoisotopic (exact) mass is 1730 g/mol. The lowest BCUT2D eigenvalue weighted by Gasteiger charge is -2.29. The second kappa shape index (κ2) is 77.1. The molecule has 0 radical (unpaired) electrons. The number of aryl methyl sites for hydroxylation is 3. The van der Waals surface area contributed by atoms with Gasteiger partial charge in [-0.25, -0.2) is 4.79 Å². The lowest BCUT2D eigenvalue weighted by atomic mass is 10.0. The average molecular weight is 1730 g/mol. The van der Waals surface area contributed by atoms with Crippen molar-refractivity contribution in [3.05, 3.63) is 204 Å². The van der Waals surface area contributed by atoms with E-state index in [1.807, 2.05) is 42.9 Å². The molecular weight excluding hydrogens is 1550 g/mol. The van der Waals surface area contributed by atoms with Crippen molar-refractivity contribution in [2.75, 3.05) is 39.6 Å². The highest BCUT2D eigenvalue weighted by molar-refractivity contribution is 5.91. The normalized spacial score (nSPS) is 12.5. The van der Waals surface area contributed by atoms with Crippen LogP contribution in [0, 0.1) is 5.92 Å². The van der Waals surface area contributed by atoms with Gasteiger partial charge in [-0.1, -0.05) is 359 Å². The van der Waals surface area contributed by atoms with Gasteiger partial charge in [-0.05, 0) is 215 Å². The Balaban J connectivity index is 0.000000566. The van der Waals surface area contributed by atoms with Crippen molar-refractivity contribution in [1.29, 1.82) is 0 Å². The van der Waals surface area contributed by atoms with E-state index in [-0.39, 0.29) is 42.0 Å². The predicted molar refractivity (Wildman–Crippen MR) is 543 cm³/mol. The molecule has 0 spiro atoms. The molecule has 0 bridgehead atoms. The molecule has 4 heterocycles. The topological polar surface area (TPSA) is 120 Å². The molecule has 1 saturated heterocycles. The minimum atomic E-state index is -0.389. The van der Waals surface area contributed by atoms with E-state index in [2.05, 4.69) is 180 Å². The van der Waals surface area contributed by atoms with Crippen LogP contribution in [0.25, 0.3) is 33.8 Å². The van der Waals surface area contributed by atoms with Crippen LogP contribution >= 0.6 is 0 Å². The maximum atomic E-state index is 12.5. The second-order valence-corrected chi connectivity index (χ2v) is 34.1. The number of hydrogen-bond donors (Lipinski definition) is 0. The zero-order chi connectivity index (χ0) is 86.4. The van der Waals surface area contributed by atoms with Crippen LogP contribution < -0.4 is 23.7 Å². The van der Waals surface area contributed by atoms with Gasteiger partial charge in [0.2, 0.25) is 0 Å². The third kappa shape index (κ3) is 52.6. The Bertz CT molecular complexity index is 3730. The first kappa shape index (κ1) is 114. The summed E-state index contributed by atoms with van der Waals surface area (Å²) < 4.78 is 40.9. The number of nitrogens with zero attached hydrogens (tertiary/aromatic N) is 3. The van der Waals surface area contributed by atoms with Crippen LogP contribution in [0.4, 0.5) is 0 Å². The molecular formula is C115H181N3O8. The largest absolute Gasteiger partial charge is 0.494 e. The Labute approximate surface area is 772 Å². The summed E-state index contributed by atoms with van der Waals surface area (Å²) in [5.74, 6) is 4.23. The molecule has 11 heteroatoms. The molecule has 0 saturated carbocycles. The number of hydrogen-bond acceptors (Lipinski definition) is 11. The molecule has 0 unspecified atom stereocenters. The highest BCUT2D eigenvalue weighted by Crippen LogP contribution is 2.31. The predicted octanol–water partition coefficient (Wildman–Crippen LogP) is 35.6. The SMILES string of the molecule is C.C.C.C.CCCCCCCCC1COC(c2ccc(OC(=O)c3ccc(OCCCCCC)cc3)cc2)OC1.CCCCCCCCCOc1ccc(-c2ccc(CCCCCCCC)cn2)cc1.CCCCCCCCOc1ccc(-c2ccc(CCCCCCCC)cn2)cc1.CCCCCCCCc1ccc(-c2ccc(OCCCCCC)cc2)nc1. The highest BCUT2D eigenvalue weighted by atomic mass is 16.7. The van der Waals surface area contributed by atoms with Gasteiger partial charge in [-0.3, -0.25) is 15.0 Å². The zero-order valence-corrected chi connectivity index (χ0v) is 77.9. The van der Waals surface area contributed by atoms with Crippen LogP contribution in [0.15, 0.2) is 176 Å². The number of ether oxygens (including phenoxy) is 7. The van der Waals surface area contributed by atoms with Gasteiger partial charge in [0.05, 0.1) is 62.3 Å². The smallest absolute Gasteiger partial charge is 0.343 e. The van der Waals surface area contributed by atoms with E-state index in [1.54, 1.807) is 24.3 Å². The lowest BCUT2D eigenvalue weighted by molar-refractivity contribution is -0.206. The van der Waals surface area contributed by atoms with Crippen LogP contribution in [0.2, 0.25) is 0 Å². The Morgan fingerprint density at radius 3 is 0.802 bits per heavy atom. The highest BCUT2D eigenvalue weighted by Gasteiger charge is 2.24. The van der Waals surface area contributed by atoms with Crippen LogP contribution in [0.5, 0.6) is 28.7 Å². The molecule has 11 nitrogen and oxygen atoms in total. The maximum absolute atomic E-state index is 12.5. The van der Waals surface area contributed by atoms with E-state index < -0.39 is 0 Å². The van der Waals surface area contributed by atoms with Gasteiger partial charge in [0.15, 0.2) is 6.29 Å². The molecule has 8 aromatic rings. The molecule has 9 rings (SSSR count). The van der Waals surface area contributed by atoms with E-state index >= 15 is 0 Å². The number of carbonyl (C=O) groups excluding carboxylic acids is 1. The van der Waals surface area contributed by atoms with Gasteiger partial charge >= 0.3 is 5.97 Å². The molecule has 0 N–H and O–H groups in total. The van der Waals surface area contributed by atoms with Gasteiger partial charge in [-0.15, -0.1) is 0 Å². The number of carbonyl (C=O) groups is 1. The van der Waals surface area contributed by atoms with E-state index in [0.29, 0.717) is 23.8 Å². The van der Waals surface area contributed by atoms with Crippen molar-refractivity contribution in [3.8, 4) is 62.5 Å². The van der Waals surface area contributed by atoms with Crippen molar-refractivity contribution in [2.45, 2.75) is 406 Å². The van der Waals surface area contributed by atoms with Gasteiger partial charge in [0.1, 0.15) is 28.7 Å². The summed E-state index contributed by atoms with van der Waals surface area (Å²) in [4.78, 5) is 26.6. The minimum Gasteiger partial charge on any atom is -0.494 e. The Kier molecular flexibility index (Phi) is 69.9. The van der Waals surface area contributed by atoms with Gasteiger partial charge in [0.25, 0.3) is 0 Å². The van der Waals surface area contributed by atoms with Crippen LogP contribution in [0.3, 0.4) is 0 Å². The maximum Gasteiger partial charge on any atom is 0.343 e. The average Bonchev–Trinajstić information content (AvgIpc) is 0.860. The van der Waals surface area contributed by atoms with E-state index in [9.17, 15) is 4.79 Å². The first-order chi connectivity index (χ1) is 60.2. The Hall–Kier alpha value is -7.86. The van der Waals surface area contributed by atoms with Gasteiger partial charge in [-0.2, -0.15) is 0 Å². The number of benzene rings is 5. The molecule has 1 aliphatic rings. The number of aromatic nitrogens is 3. The lowest BCUT2D eigenvalue weighted by Crippen LogP contribution is -2.27. The van der Waals surface area contributed by atoms with Crippen LogP contribution in [-0.4, -0.2) is 60.6 Å². The fraction of sp³-hybridized carbons (Fsp3) is 0.600. The van der Waals surface area contributed by atoms with E-state index in [4.69, 9.17) is 33.2 Å². The van der Waals surface area contributed by atoms with Crippen LogP contribution in [-0.2, 0) is 28.7 Å². The third-order valence-corrected chi connectivity index (χ3v) is 23.1.